The molecule has 0 amide bonds. The largest absolute Gasteiger partial charge is 0.428 e. The Hall–Kier alpha value is -0.990. The van der Waals surface area contributed by atoms with Crippen LogP contribution in [0.5, 0.6) is 0 Å². The van der Waals surface area contributed by atoms with Crippen molar-refractivity contribution in [2.75, 3.05) is 11.9 Å². The van der Waals surface area contributed by atoms with Gasteiger partial charge in [0, 0.05) is 6.54 Å². The zero-order valence-corrected chi connectivity index (χ0v) is 6.84. The summed E-state index contributed by atoms with van der Waals surface area (Å²) in [5.41, 5.74) is 0. The molecule has 0 spiro atoms. The lowest BCUT2D eigenvalue weighted by molar-refractivity contribution is 0.566. The van der Waals surface area contributed by atoms with Gasteiger partial charge in [-0.25, -0.2) is 4.98 Å². The fourth-order valence-corrected chi connectivity index (χ4v) is 0.890. The quantitative estimate of drug-likeness (QED) is 0.661. The van der Waals surface area contributed by atoms with Gasteiger partial charge in [-0.05, 0) is 6.42 Å². The van der Waals surface area contributed by atoms with Crippen molar-refractivity contribution >= 4 is 5.88 Å². The van der Waals surface area contributed by atoms with Crippen molar-refractivity contribution in [1.29, 1.82) is 0 Å². The lowest BCUT2D eigenvalue weighted by Crippen LogP contribution is -1.99. The number of anilines is 1. The molecular weight excluding hydrogens is 140 g/mol. The Kier molecular flexibility index (Phi) is 3.52. The molecule has 1 aromatic rings. The zero-order chi connectivity index (χ0) is 7.94. The lowest BCUT2D eigenvalue weighted by atomic mass is 10.2. The van der Waals surface area contributed by atoms with Crippen LogP contribution in [0.3, 0.4) is 0 Å². The van der Waals surface area contributed by atoms with Gasteiger partial charge in [0.1, 0.15) is 0 Å². The van der Waals surface area contributed by atoms with Crippen molar-refractivity contribution in [2.45, 2.75) is 26.2 Å². The molecular formula is C8H14N2O. The van der Waals surface area contributed by atoms with Crippen LogP contribution in [0.25, 0.3) is 0 Å². The van der Waals surface area contributed by atoms with Gasteiger partial charge in [-0.3, -0.25) is 0 Å². The number of unbranched alkanes of at least 4 members (excludes halogenated alkanes) is 2. The predicted octanol–water partition coefficient (Wildman–Crippen LogP) is 2.28. The maximum absolute atomic E-state index is 4.99. The first-order valence-electron chi connectivity index (χ1n) is 4.06. The van der Waals surface area contributed by atoms with Crippen LogP contribution < -0.4 is 5.32 Å². The third-order valence-corrected chi connectivity index (χ3v) is 1.51. The second-order valence-corrected chi connectivity index (χ2v) is 2.50. The van der Waals surface area contributed by atoms with Gasteiger partial charge in [0.05, 0.1) is 6.20 Å². The first-order chi connectivity index (χ1) is 5.43. The van der Waals surface area contributed by atoms with Crippen LogP contribution in [-0.2, 0) is 0 Å². The summed E-state index contributed by atoms with van der Waals surface area (Å²) in [6.07, 6.45) is 6.82. The highest BCUT2D eigenvalue weighted by Crippen LogP contribution is 2.03. The molecule has 0 unspecified atom stereocenters. The first kappa shape index (κ1) is 8.11. The Morgan fingerprint density at radius 3 is 3.09 bits per heavy atom. The van der Waals surface area contributed by atoms with Crippen molar-refractivity contribution in [1.82, 2.24) is 4.98 Å². The maximum atomic E-state index is 4.99. The zero-order valence-electron chi connectivity index (χ0n) is 6.84. The SMILES string of the molecule is CCCCCNc1cnco1. The van der Waals surface area contributed by atoms with Crippen LogP contribution in [0.2, 0.25) is 0 Å². The van der Waals surface area contributed by atoms with E-state index in [1.165, 1.54) is 25.7 Å². The van der Waals surface area contributed by atoms with Crippen LogP contribution in [0.1, 0.15) is 26.2 Å². The highest BCUT2D eigenvalue weighted by atomic mass is 16.4. The van der Waals surface area contributed by atoms with Crippen molar-refractivity contribution in [3.63, 3.8) is 0 Å². The predicted molar refractivity (Wildman–Crippen MR) is 44.5 cm³/mol. The van der Waals surface area contributed by atoms with Crippen LogP contribution >= 0.6 is 0 Å². The summed E-state index contributed by atoms with van der Waals surface area (Å²) >= 11 is 0. The Balaban J connectivity index is 2.04. The molecule has 0 aliphatic carbocycles. The molecule has 1 heterocycles. The van der Waals surface area contributed by atoms with E-state index in [1.807, 2.05) is 0 Å². The van der Waals surface area contributed by atoms with Gasteiger partial charge in [-0.15, -0.1) is 0 Å². The average molecular weight is 154 g/mol. The molecule has 11 heavy (non-hydrogen) atoms. The number of rotatable bonds is 5. The molecule has 0 aliphatic rings. The summed E-state index contributed by atoms with van der Waals surface area (Å²) in [7, 11) is 0. The molecule has 0 aromatic carbocycles. The van der Waals surface area contributed by atoms with E-state index in [0.717, 1.165) is 12.4 Å². The lowest BCUT2D eigenvalue weighted by Gasteiger charge is -1.99. The highest BCUT2D eigenvalue weighted by molar-refractivity contribution is 5.25. The summed E-state index contributed by atoms with van der Waals surface area (Å²) in [5.74, 6) is 0.765. The van der Waals surface area contributed by atoms with Crippen molar-refractivity contribution in [3.05, 3.63) is 12.6 Å². The summed E-state index contributed by atoms with van der Waals surface area (Å²) < 4.78 is 4.99. The molecule has 1 aromatic heterocycles. The van der Waals surface area contributed by atoms with E-state index in [0.29, 0.717) is 0 Å². The minimum absolute atomic E-state index is 0.765. The Bertz CT molecular complexity index is 172. The fourth-order valence-electron chi connectivity index (χ4n) is 0.890. The summed E-state index contributed by atoms with van der Waals surface area (Å²) in [6, 6.07) is 0. The van der Waals surface area contributed by atoms with Gasteiger partial charge in [0.15, 0.2) is 6.39 Å². The van der Waals surface area contributed by atoms with Gasteiger partial charge in [0.2, 0.25) is 5.88 Å². The standard InChI is InChI=1S/C8H14N2O/c1-2-3-4-5-10-8-6-9-7-11-8/h6-7,10H,2-5H2,1H3. The Labute approximate surface area is 66.8 Å². The van der Waals surface area contributed by atoms with E-state index >= 15 is 0 Å². The fraction of sp³-hybridized carbons (Fsp3) is 0.625. The molecule has 0 atom stereocenters. The molecule has 3 nitrogen and oxygen atoms in total. The van der Waals surface area contributed by atoms with Crippen molar-refractivity contribution in [3.8, 4) is 0 Å². The van der Waals surface area contributed by atoms with Gasteiger partial charge in [-0.1, -0.05) is 19.8 Å². The van der Waals surface area contributed by atoms with E-state index in [9.17, 15) is 0 Å². The average Bonchev–Trinajstić information content (AvgIpc) is 2.50. The van der Waals surface area contributed by atoms with Crippen LogP contribution in [-0.4, -0.2) is 11.5 Å². The summed E-state index contributed by atoms with van der Waals surface area (Å²) in [5, 5.41) is 3.13. The van der Waals surface area contributed by atoms with E-state index in [2.05, 4.69) is 17.2 Å². The third-order valence-electron chi connectivity index (χ3n) is 1.51. The third kappa shape index (κ3) is 3.07. The molecule has 0 saturated carbocycles. The number of oxazole rings is 1. The Morgan fingerprint density at radius 1 is 1.55 bits per heavy atom. The minimum Gasteiger partial charge on any atom is -0.428 e. The summed E-state index contributed by atoms with van der Waals surface area (Å²) in [6.45, 7) is 3.16. The summed E-state index contributed by atoms with van der Waals surface area (Å²) in [4.78, 5) is 3.79. The van der Waals surface area contributed by atoms with Gasteiger partial charge in [0.25, 0.3) is 0 Å². The van der Waals surface area contributed by atoms with E-state index in [1.54, 1.807) is 6.20 Å². The van der Waals surface area contributed by atoms with E-state index in [4.69, 9.17) is 4.42 Å². The molecule has 0 fully saturated rings. The number of nitrogens with zero attached hydrogens (tertiary/aromatic N) is 1. The maximum Gasteiger partial charge on any atom is 0.213 e. The normalized spacial score (nSPS) is 9.91. The minimum atomic E-state index is 0.765. The van der Waals surface area contributed by atoms with Crippen LogP contribution in [0.4, 0.5) is 5.88 Å². The second kappa shape index (κ2) is 4.77. The molecule has 1 N–H and O–H groups in total. The first-order valence-corrected chi connectivity index (χ1v) is 4.06. The van der Waals surface area contributed by atoms with E-state index in [-0.39, 0.29) is 0 Å². The van der Waals surface area contributed by atoms with E-state index < -0.39 is 0 Å². The number of hydrogen-bond acceptors (Lipinski definition) is 3. The number of nitrogens with one attached hydrogen (secondary N) is 1. The van der Waals surface area contributed by atoms with Crippen molar-refractivity contribution in [2.24, 2.45) is 0 Å². The smallest absolute Gasteiger partial charge is 0.213 e. The van der Waals surface area contributed by atoms with Crippen LogP contribution in [0, 0.1) is 0 Å². The molecule has 0 aliphatic heterocycles. The molecule has 62 valence electrons. The molecule has 0 radical (unpaired) electrons. The highest BCUT2D eigenvalue weighted by Gasteiger charge is 1.92. The molecule has 1 rings (SSSR count). The number of hydrogen-bond donors (Lipinski definition) is 1. The Morgan fingerprint density at radius 2 is 2.45 bits per heavy atom. The number of aromatic nitrogens is 1. The van der Waals surface area contributed by atoms with Crippen molar-refractivity contribution < 1.29 is 4.42 Å². The monoisotopic (exact) mass is 154 g/mol. The molecule has 0 saturated heterocycles. The van der Waals surface area contributed by atoms with Gasteiger partial charge >= 0.3 is 0 Å². The van der Waals surface area contributed by atoms with Crippen LogP contribution in [0.15, 0.2) is 17.0 Å². The topological polar surface area (TPSA) is 38.1 Å². The molecule has 3 heteroatoms. The van der Waals surface area contributed by atoms with Gasteiger partial charge in [-0.2, -0.15) is 0 Å². The second-order valence-electron chi connectivity index (χ2n) is 2.50. The van der Waals surface area contributed by atoms with Gasteiger partial charge < -0.3 is 9.73 Å². The molecule has 0 bridgehead atoms.